The number of carbonyl (C=O) groups excluding carboxylic acids is 4. The average molecular weight is 921 g/mol. The molecule has 0 saturated carbocycles. The van der Waals surface area contributed by atoms with Gasteiger partial charge in [0, 0.05) is 98.2 Å². The molecule has 1 aromatic carbocycles. The van der Waals surface area contributed by atoms with Crippen LogP contribution < -0.4 is 10.7 Å². The maximum absolute atomic E-state index is 14.4. The lowest BCUT2D eigenvalue weighted by Crippen LogP contribution is -2.60. The summed E-state index contributed by atoms with van der Waals surface area (Å²) in [5.74, 6) is 4.65. The van der Waals surface area contributed by atoms with Crippen LogP contribution in [0.15, 0.2) is 41.9 Å². The number of pyridine rings is 1. The number of likely N-dealkylation sites (tertiary alicyclic amines) is 2. The van der Waals surface area contributed by atoms with Crippen molar-refractivity contribution < 1.29 is 33.4 Å². The maximum Gasteiger partial charge on any atom is 0.324 e. The van der Waals surface area contributed by atoms with Crippen LogP contribution in [0, 0.1) is 17.3 Å². The second kappa shape index (κ2) is 20.0. The predicted octanol–water partition coefficient (Wildman–Crippen LogP) is 5.70. The lowest BCUT2D eigenvalue weighted by Gasteiger charge is -2.41. The van der Waals surface area contributed by atoms with Gasteiger partial charge in [-0.05, 0) is 95.5 Å². The Balaban J connectivity index is 1.03. The summed E-state index contributed by atoms with van der Waals surface area (Å²) in [5.41, 5.74) is 9.08. The van der Waals surface area contributed by atoms with Gasteiger partial charge in [-0.2, -0.15) is 0 Å². The quantitative estimate of drug-likeness (QED) is 0.149. The summed E-state index contributed by atoms with van der Waals surface area (Å²) in [4.78, 5) is 68.5. The van der Waals surface area contributed by atoms with Crippen LogP contribution in [-0.4, -0.2) is 130 Å². The molecule has 7 heterocycles. The van der Waals surface area contributed by atoms with Gasteiger partial charge in [0.1, 0.15) is 12.1 Å². The molecule has 2 N–H and O–H groups in total. The van der Waals surface area contributed by atoms with Crippen molar-refractivity contribution in [3.05, 3.63) is 58.2 Å². The van der Waals surface area contributed by atoms with E-state index in [1.165, 1.54) is 16.3 Å². The first kappa shape index (κ1) is 47.3. The number of benzene rings is 1. The van der Waals surface area contributed by atoms with Crippen LogP contribution in [0.2, 0.25) is 0 Å². The minimum absolute atomic E-state index is 0.0198. The van der Waals surface area contributed by atoms with Gasteiger partial charge in [-0.1, -0.05) is 25.8 Å². The normalized spacial score (nSPS) is 22.0. The second-order valence-corrected chi connectivity index (χ2v) is 20.2. The van der Waals surface area contributed by atoms with Crippen molar-refractivity contribution >= 4 is 45.9 Å². The zero-order valence-corrected chi connectivity index (χ0v) is 40.2. The van der Waals surface area contributed by atoms with Crippen molar-refractivity contribution in [3.8, 4) is 34.4 Å². The molecule has 4 aliphatic rings. The Bertz CT molecular complexity index is 2520. The number of amides is 3. The van der Waals surface area contributed by atoms with Gasteiger partial charge < -0.3 is 29.0 Å². The molecule has 3 saturated heterocycles. The third-order valence-electron chi connectivity index (χ3n) is 13.4. The van der Waals surface area contributed by atoms with E-state index in [4.69, 9.17) is 24.2 Å². The van der Waals surface area contributed by atoms with E-state index in [-0.39, 0.29) is 61.5 Å². The van der Waals surface area contributed by atoms with Crippen LogP contribution in [0.25, 0.3) is 33.4 Å². The molecule has 0 aliphatic carbocycles. The van der Waals surface area contributed by atoms with Crippen molar-refractivity contribution in [2.24, 2.45) is 5.41 Å². The van der Waals surface area contributed by atoms with Crippen molar-refractivity contribution in [1.82, 2.24) is 40.1 Å². The Morgan fingerprint density at radius 3 is 2.70 bits per heavy atom. The van der Waals surface area contributed by atoms with Crippen LogP contribution >= 0.6 is 11.3 Å². The minimum Gasteiger partial charge on any atom is -0.464 e. The number of nitrogens with zero attached hydrogens (tertiary/aromatic N) is 6. The summed E-state index contributed by atoms with van der Waals surface area (Å²) in [6.07, 6.45) is 4.99. The van der Waals surface area contributed by atoms with E-state index in [1.807, 2.05) is 32.2 Å². The molecule has 352 valence electrons. The molecule has 4 atom stereocenters. The van der Waals surface area contributed by atoms with Gasteiger partial charge in [0.25, 0.3) is 11.8 Å². The van der Waals surface area contributed by atoms with Crippen molar-refractivity contribution in [2.45, 2.75) is 123 Å². The van der Waals surface area contributed by atoms with E-state index < -0.39 is 23.5 Å². The highest BCUT2D eigenvalue weighted by Crippen LogP contribution is 2.42. The first-order valence-corrected chi connectivity index (χ1v) is 24.3. The number of fused-ring (bicyclic) bond motifs is 6. The van der Waals surface area contributed by atoms with E-state index in [0.29, 0.717) is 56.9 Å². The summed E-state index contributed by atoms with van der Waals surface area (Å²) < 4.78 is 20.3. The van der Waals surface area contributed by atoms with Gasteiger partial charge >= 0.3 is 5.97 Å². The van der Waals surface area contributed by atoms with Gasteiger partial charge in [0.15, 0.2) is 0 Å². The smallest absolute Gasteiger partial charge is 0.324 e. The van der Waals surface area contributed by atoms with Gasteiger partial charge in [-0.25, -0.2) is 10.4 Å². The third kappa shape index (κ3) is 10.4. The third-order valence-corrected chi connectivity index (χ3v) is 14.3. The zero-order valence-electron chi connectivity index (χ0n) is 39.4. The second-order valence-electron chi connectivity index (χ2n) is 19.3. The van der Waals surface area contributed by atoms with Crippen LogP contribution in [0.1, 0.15) is 96.0 Å². The van der Waals surface area contributed by atoms with Crippen molar-refractivity contribution in [2.75, 3.05) is 53.0 Å². The number of hydrogen-bond donors (Lipinski definition) is 2. The molecule has 3 amide bonds. The molecule has 16 heteroatoms. The van der Waals surface area contributed by atoms with Gasteiger partial charge in [0.05, 0.1) is 53.1 Å². The fourth-order valence-electron chi connectivity index (χ4n) is 9.44. The molecule has 6 bridgehead atoms. The van der Waals surface area contributed by atoms with Crippen LogP contribution in [-0.2, 0) is 52.8 Å². The van der Waals surface area contributed by atoms with Crippen LogP contribution in [0.5, 0.6) is 0 Å². The molecule has 2 unspecified atom stereocenters. The number of hydrogen-bond acceptors (Lipinski definition) is 12. The Kier molecular flexibility index (Phi) is 14.3. The number of rotatable bonds is 10. The molecule has 0 spiro atoms. The summed E-state index contributed by atoms with van der Waals surface area (Å²) in [6, 6.07) is 8.77. The number of nitrogens with one attached hydrogen (secondary N) is 2. The van der Waals surface area contributed by atoms with E-state index in [2.05, 4.69) is 77.1 Å². The largest absolute Gasteiger partial charge is 0.464 e. The number of cyclic esters (lactones) is 1. The molecular weight excluding hydrogens is 857 g/mol. The minimum atomic E-state index is -0.964. The van der Waals surface area contributed by atoms with E-state index in [0.717, 1.165) is 64.2 Å². The van der Waals surface area contributed by atoms with Crippen molar-refractivity contribution in [1.29, 1.82) is 0 Å². The molecule has 15 nitrogen and oxygen atoms in total. The number of esters is 1. The number of aryl methyl sites for hydroxylation is 1. The molecule has 4 aliphatic heterocycles. The number of hydrazine groups is 1. The molecular formula is C50H64N8O7S. The van der Waals surface area contributed by atoms with Gasteiger partial charge in [0.2, 0.25) is 5.91 Å². The summed E-state index contributed by atoms with van der Waals surface area (Å²) >= 11 is 1.44. The monoisotopic (exact) mass is 920 g/mol. The van der Waals surface area contributed by atoms with Crippen LogP contribution in [0.3, 0.4) is 0 Å². The lowest BCUT2D eigenvalue weighted by atomic mass is 9.84. The highest BCUT2D eigenvalue weighted by Gasteiger charge is 2.36. The van der Waals surface area contributed by atoms with Crippen molar-refractivity contribution in [3.63, 3.8) is 0 Å². The summed E-state index contributed by atoms with van der Waals surface area (Å²) in [7, 11) is 1.69. The number of carbonyl (C=O) groups is 4. The topological polar surface area (TPSA) is 160 Å². The van der Waals surface area contributed by atoms with Gasteiger partial charge in [-0.15, -0.1) is 11.3 Å². The number of ether oxygens (including phenoxy) is 3. The molecule has 66 heavy (non-hydrogen) atoms. The summed E-state index contributed by atoms with van der Waals surface area (Å²) in [5, 5.41) is 8.18. The average Bonchev–Trinajstić information content (AvgIpc) is 4.03. The fourth-order valence-corrected chi connectivity index (χ4v) is 10.3. The van der Waals surface area contributed by atoms with E-state index in [9.17, 15) is 19.2 Å². The molecule has 0 radical (unpaired) electrons. The van der Waals surface area contributed by atoms with Crippen LogP contribution in [0.4, 0.5) is 0 Å². The Morgan fingerprint density at radius 1 is 1.12 bits per heavy atom. The first-order valence-electron chi connectivity index (χ1n) is 23.4. The Morgan fingerprint density at radius 2 is 1.94 bits per heavy atom. The van der Waals surface area contributed by atoms with Gasteiger partial charge in [-0.3, -0.25) is 34.1 Å². The molecule has 3 aromatic heterocycles. The van der Waals surface area contributed by atoms with E-state index in [1.54, 1.807) is 18.2 Å². The highest BCUT2D eigenvalue weighted by atomic mass is 32.1. The molecule has 4 aromatic rings. The zero-order chi connectivity index (χ0) is 46.8. The number of methoxy groups -OCH3 is 1. The Labute approximate surface area is 391 Å². The maximum atomic E-state index is 14.4. The number of aromatic nitrogens is 3. The Hall–Kier alpha value is -5.18. The highest BCUT2D eigenvalue weighted by molar-refractivity contribution is 7.10. The predicted molar refractivity (Wildman–Crippen MR) is 253 cm³/mol. The standard InChI is InChI=1S/C50H64N8O7S/c1-8-57-41-15-14-33-26-36(41)37(46(57)35-12-9-20-51-45(35)32(2)63-7)28-49(3,4)31-65-48(62)38-13-10-23-58(54-38)47(61)39(27-43-53-40(33)30-66-43)52-42(59)18-25-64-34-17-24-55(29-34)44(60)16-19-50(5,6)56-21-11-22-56/h9,12,14-15,20,26,30,32,34,38-39,54H,8,10-11,13,17-18,21-25,27-29,31H2,1-7H3,(H,52,59)/t32-,34?,38-,39?/m0/s1. The lowest BCUT2D eigenvalue weighted by molar-refractivity contribution is -0.155. The summed E-state index contributed by atoms with van der Waals surface area (Å²) in [6.45, 7) is 16.7. The first-order chi connectivity index (χ1) is 31.6. The fraction of sp³-hybridized carbons (Fsp3) is 0.560. The SMILES string of the molecule is CCn1c(-c2cccnc2[C@H](C)OC)c2c3cc(ccc31)-c1csc(n1)CC(NC(=O)CCOC1CCN(C(=O)C#CC(C)(C)N3CCC3)C1)C(=O)N1CCC[C@H](N1)C(=O)OCC(C)(C)C2. The molecule has 3 fully saturated rings. The number of thiazole rings is 1. The molecule has 8 rings (SSSR count). The van der Waals surface area contributed by atoms with E-state index >= 15 is 0 Å².